The SMILES string of the molecule is CCCN(C(=O)c1ccc(-n2cncn2)cc1C)C1CCNC1.Cl. The minimum atomic E-state index is 0. The first-order valence-electron chi connectivity index (χ1n) is 8.18. The Bertz CT molecular complexity index is 668. The van der Waals surface area contributed by atoms with E-state index in [4.69, 9.17) is 0 Å². The van der Waals surface area contributed by atoms with Gasteiger partial charge in [0.2, 0.25) is 0 Å². The van der Waals surface area contributed by atoms with Crippen LogP contribution in [-0.4, -0.2) is 51.2 Å². The Labute approximate surface area is 148 Å². The van der Waals surface area contributed by atoms with Gasteiger partial charge in [0, 0.05) is 24.7 Å². The smallest absolute Gasteiger partial charge is 0.254 e. The molecule has 1 unspecified atom stereocenters. The summed E-state index contributed by atoms with van der Waals surface area (Å²) in [6.07, 6.45) is 5.16. The summed E-state index contributed by atoms with van der Waals surface area (Å²) in [7, 11) is 0. The van der Waals surface area contributed by atoms with Crippen LogP contribution in [0.25, 0.3) is 5.69 Å². The summed E-state index contributed by atoms with van der Waals surface area (Å²) in [6, 6.07) is 6.11. The van der Waals surface area contributed by atoms with Crippen LogP contribution in [0.1, 0.15) is 35.7 Å². The molecule has 1 amide bonds. The number of hydrogen-bond acceptors (Lipinski definition) is 4. The normalized spacial score (nSPS) is 16.7. The van der Waals surface area contributed by atoms with E-state index in [0.717, 1.165) is 49.3 Å². The molecule has 2 aromatic rings. The lowest BCUT2D eigenvalue weighted by Crippen LogP contribution is -2.42. The summed E-state index contributed by atoms with van der Waals surface area (Å²) in [5, 5.41) is 7.48. The Morgan fingerprint density at radius 1 is 1.46 bits per heavy atom. The molecule has 130 valence electrons. The van der Waals surface area contributed by atoms with Crippen molar-refractivity contribution < 1.29 is 4.79 Å². The zero-order valence-corrected chi connectivity index (χ0v) is 14.9. The van der Waals surface area contributed by atoms with Crippen LogP contribution in [0, 0.1) is 6.92 Å². The predicted molar refractivity (Wildman–Crippen MR) is 95.9 cm³/mol. The third-order valence-corrected chi connectivity index (χ3v) is 4.32. The highest BCUT2D eigenvalue weighted by Crippen LogP contribution is 2.19. The van der Waals surface area contributed by atoms with Gasteiger partial charge >= 0.3 is 0 Å². The van der Waals surface area contributed by atoms with Crippen molar-refractivity contribution in [2.75, 3.05) is 19.6 Å². The van der Waals surface area contributed by atoms with E-state index in [9.17, 15) is 4.79 Å². The average molecular weight is 350 g/mol. The number of rotatable bonds is 5. The number of carbonyl (C=O) groups excluding carboxylic acids is 1. The molecular weight excluding hydrogens is 326 g/mol. The van der Waals surface area contributed by atoms with Crippen molar-refractivity contribution in [3.8, 4) is 5.69 Å². The topological polar surface area (TPSA) is 63.1 Å². The van der Waals surface area contributed by atoms with Crippen LogP contribution in [0.5, 0.6) is 0 Å². The van der Waals surface area contributed by atoms with Gasteiger partial charge in [-0.3, -0.25) is 4.79 Å². The number of aromatic nitrogens is 3. The second-order valence-corrected chi connectivity index (χ2v) is 5.98. The molecule has 6 nitrogen and oxygen atoms in total. The molecule has 0 bridgehead atoms. The summed E-state index contributed by atoms with van der Waals surface area (Å²) in [6.45, 7) is 6.77. The van der Waals surface area contributed by atoms with Crippen LogP contribution in [0.4, 0.5) is 0 Å². The average Bonchev–Trinajstić information content (AvgIpc) is 3.25. The Morgan fingerprint density at radius 3 is 2.88 bits per heavy atom. The van der Waals surface area contributed by atoms with Crippen molar-refractivity contribution in [1.29, 1.82) is 0 Å². The zero-order valence-electron chi connectivity index (χ0n) is 14.1. The quantitative estimate of drug-likeness (QED) is 0.899. The van der Waals surface area contributed by atoms with Crippen LogP contribution in [-0.2, 0) is 0 Å². The first-order valence-corrected chi connectivity index (χ1v) is 8.18. The van der Waals surface area contributed by atoms with E-state index in [1.165, 1.54) is 6.33 Å². The number of amides is 1. The van der Waals surface area contributed by atoms with Gasteiger partial charge in [0.05, 0.1) is 5.69 Å². The predicted octanol–water partition coefficient (Wildman–Crippen LogP) is 2.21. The van der Waals surface area contributed by atoms with Gasteiger partial charge in [0.15, 0.2) is 0 Å². The van der Waals surface area contributed by atoms with E-state index in [1.807, 2.05) is 30.0 Å². The van der Waals surface area contributed by atoms with Crippen LogP contribution < -0.4 is 5.32 Å². The summed E-state index contributed by atoms with van der Waals surface area (Å²) < 4.78 is 1.70. The molecular formula is C17H24ClN5O. The first-order chi connectivity index (χ1) is 11.2. The third kappa shape index (κ3) is 3.76. The van der Waals surface area contributed by atoms with Gasteiger partial charge in [-0.25, -0.2) is 9.67 Å². The van der Waals surface area contributed by atoms with Crippen molar-refractivity contribution in [2.45, 2.75) is 32.7 Å². The highest BCUT2D eigenvalue weighted by molar-refractivity contribution is 5.96. The summed E-state index contributed by atoms with van der Waals surface area (Å²) in [5.41, 5.74) is 2.66. The molecule has 1 atom stereocenters. The molecule has 1 aromatic heterocycles. The van der Waals surface area contributed by atoms with Crippen LogP contribution in [0.15, 0.2) is 30.9 Å². The van der Waals surface area contributed by atoms with E-state index < -0.39 is 0 Å². The van der Waals surface area contributed by atoms with Gasteiger partial charge in [0.1, 0.15) is 12.7 Å². The van der Waals surface area contributed by atoms with Gasteiger partial charge in [-0.05, 0) is 50.1 Å². The Balaban J connectivity index is 0.00000208. The fourth-order valence-corrected chi connectivity index (χ4v) is 3.12. The number of aryl methyl sites for hydroxylation is 1. The van der Waals surface area contributed by atoms with E-state index in [1.54, 1.807) is 11.0 Å². The minimum Gasteiger partial charge on any atom is -0.334 e. The lowest BCUT2D eigenvalue weighted by atomic mass is 10.0. The van der Waals surface area contributed by atoms with E-state index in [2.05, 4.69) is 22.3 Å². The second-order valence-electron chi connectivity index (χ2n) is 5.98. The summed E-state index contributed by atoms with van der Waals surface area (Å²) in [4.78, 5) is 19.0. The number of halogens is 1. The van der Waals surface area contributed by atoms with Gasteiger partial charge in [0.25, 0.3) is 5.91 Å². The maximum atomic E-state index is 13.0. The first kappa shape index (κ1) is 18.4. The van der Waals surface area contributed by atoms with Crippen molar-refractivity contribution in [3.63, 3.8) is 0 Å². The van der Waals surface area contributed by atoms with Crippen LogP contribution in [0.3, 0.4) is 0 Å². The van der Waals surface area contributed by atoms with Crippen molar-refractivity contribution >= 4 is 18.3 Å². The molecule has 0 saturated carbocycles. The molecule has 0 radical (unpaired) electrons. The fraction of sp³-hybridized carbons (Fsp3) is 0.471. The molecule has 1 N–H and O–H groups in total. The largest absolute Gasteiger partial charge is 0.334 e. The number of carbonyl (C=O) groups is 1. The molecule has 3 rings (SSSR count). The van der Waals surface area contributed by atoms with E-state index in [-0.39, 0.29) is 18.3 Å². The van der Waals surface area contributed by atoms with Gasteiger partial charge in [-0.2, -0.15) is 5.10 Å². The molecule has 1 saturated heterocycles. The molecule has 1 fully saturated rings. The number of nitrogens with one attached hydrogen (secondary N) is 1. The van der Waals surface area contributed by atoms with E-state index in [0.29, 0.717) is 6.04 Å². The van der Waals surface area contributed by atoms with Gasteiger partial charge in [-0.1, -0.05) is 6.92 Å². The van der Waals surface area contributed by atoms with Crippen LogP contribution in [0.2, 0.25) is 0 Å². The maximum Gasteiger partial charge on any atom is 0.254 e. The number of hydrogen-bond donors (Lipinski definition) is 1. The molecule has 0 spiro atoms. The second kappa shape index (κ2) is 8.26. The molecule has 1 aromatic carbocycles. The molecule has 2 heterocycles. The standard InChI is InChI=1S/C17H23N5O.ClH/c1-3-8-21(15-6-7-18-10-15)17(23)16-5-4-14(9-13(16)2)22-12-19-11-20-22;/h4-5,9,11-12,15,18H,3,6-8,10H2,1-2H3;1H. The fourth-order valence-electron chi connectivity index (χ4n) is 3.12. The lowest BCUT2D eigenvalue weighted by Gasteiger charge is -2.29. The zero-order chi connectivity index (χ0) is 16.2. The Hall–Kier alpha value is -1.92. The Morgan fingerprint density at radius 2 is 2.29 bits per heavy atom. The summed E-state index contributed by atoms with van der Waals surface area (Å²) >= 11 is 0. The number of nitrogens with zero attached hydrogens (tertiary/aromatic N) is 4. The van der Waals surface area contributed by atoms with E-state index >= 15 is 0 Å². The van der Waals surface area contributed by atoms with Crippen molar-refractivity contribution in [2.24, 2.45) is 0 Å². The van der Waals surface area contributed by atoms with Gasteiger partial charge in [-0.15, -0.1) is 12.4 Å². The lowest BCUT2D eigenvalue weighted by molar-refractivity contribution is 0.0691. The minimum absolute atomic E-state index is 0. The highest BCUT2D eigenvalue weighted by atomic mass is 35.5. The van der Waals surface area contributed by atoms with Gasteiger partial charge < -0.3 is 10.2 Å². The maximum absolute atomic E-state index is 13.0. The molecule has 24 heavy (non-hydrogen) atoms. The highest BCUT2D eigenvalue weighted by Gasteiger charge is 2.27. The Kier molecular flexibility index (Phi) is 6.34. The van der Waals surface area contributed by atoms with Crippen molar-refractivity contribution in [1.82, 2.24) is 25.0 Å². The molecule has 7 heteroatoms. The molecule has 1 aliphatic rings. The van der Waals surface area contributed by atoms with Crippen LogP contribution >= 0.6 is 12.4 Å². The monoisotopic (exact) mass is 349 g/mol. The summed E-state index contributed by atoms with van der Waals surface area (Å²) in [5.74, 6) is 0.128. The molecule has 1 aliphatic heterocycles. The number of benzene rings is 1. The molecule has 0 aliphatic carbocycles. The third-order valence-electron chi connectivity index (χ3n) is 4.32. The van der Waals surface area contributed by atoms with Crippen molar-refractivity contribution in [3.05, 3.63) is 42.0 Å².